The molecule has 10 heavy (non-hydrogen) atoms. The van der Waals surface area contributed by atoms with Crippen molar-refractivity contribution in [1.82, 2.24) is 16.2 Å². The first-order valence-electron chi connectivity index (χ1n) is 3.70. The van der Waals surface area contributed by atoms with E-state index in [9.17, 15) is 0 Å². The maximum Gasteiger partial charge on any atom is 0.205 e. The fourth-order valence-electron chi connectivity index (χ4n) is 0.788. The molecule has 4 nitrogen and oxygen atoms in total. The molecule has 4 heteroatoms. The lowest BCUT2D eigenvalue weighted by Crippen LogP contribution is -2.47. The van der Waals surface area contributed by atoms with Crippen molar-refractivity contribution in [3.63, 3.8) is 0 Å². The van der Waals surface area contributed by atoms with Crippen LogP contribution in [0.5, 0.6) is 0 Å². The molecule has 0 radical (unpaired) electrons. The lowest BCUT2D eigenvalue weighted by atomic mass is 10.4. The summed E-state index contributed by atoms with van der Waals surface area (Å²) in [5, 5.41) is 3.13. The van der Waals surface area contributed by atoms with Crippen molar-refractivity contribution in [3.05, 3.63) is 0 Å². The van der Waals surface area contributed by atoms with Gasteiger partial charge in [0.05, 0.1) is 0 Å². The molecule has 0 bridgehead atoms. The zero-order chi connectivity index (χ0) is 7.23. The van der Waals surface area contributed by atoms with Crippen molar-refractivity contribution >= 4 is 5.96 Å². The Hall–Kier alpha value is -0.770. The van der Waals surface area contributed by atoms with Crippen molar-refractivity contribution in [3.8, 4) is 0 Å². The van der Waals surface area contributed by atoms with Gasteiger partial charge in [-0.2, -0.15) is 0 Å². The topological polar surface area (TPSA) is 48.5 Å². The summed E-state index contributed by atoms with van der Waals surface area (Å²) >= 11 is 0. The molecule has 0 atom stereocenters. The van der Waals surface area contributed by atoms with Crippen LogP contribution in [-0.4, -0.2) is 25.6 Å². The molecule has 0 saturated carbocycles. The Kier molecular flexibility index (Phi) is 3.02. The van der Waals surface area contributed by atoms with E-state index in [1.165, 1.54) is 0 Å². The van der Waals surface area contributed by atoms with E-state index in [1.54, 1.807) is 0 Å². The lowest BCUT2D eigenvalue weighted by Gasteiger charge is -2.15. The number of hydrazine groups is 1. The first-order chi connectivity index (χ1) is 4.93. The van der Waals surface area contributed by atoms with Crippen LogP contribution in [-0.2, 0) is 0 Å². The van der Waals surface area contributed by atoms with Gasteiger partial charge >= 0.3 is 0 Å². The Morgan fingerprint density at radius 3 is 3.20 bits per heavy atom. The van der Waals surface area contributed by atoms with Crippen LogP contribution in [0.25, 0.3) is 0 Å². The van der Waals surface area contributed by atoms with Crippen LogP contribution in [0.1, 0.15) is 13.3 Å². The second-order valence-electron chi connectivity index (χ2n) is 2.17. The van der Waals surface area contributed by atoms with E-state index >= 15 is 0 Å². The summed E-state index contributed by atoms with van der Waals surface area (Å²) in [4.78, 5) is 4.20. The maximum atomic E-state index is 4.20. The average Bonchev–Trinajstić information content (AvgIpc) is 2.03. The quantitative estimate of drug-likeness (QED) is 0.453. The van der Waals surface area contributed by atoms with Gasteiger partial charge in [0.1, 0.15) is 0 Å². The van der Waals surface area contributed by atoms with Gasteiger partial charge in [0.25, 0.3) is 0 Å². The molecular weight excluding hydrogens is 128 g/mol. The molecule has 3 N–H and O–H groups in total. The molecule has 0 fully saturated rings. The van der Waals surface area contributed by atoms with Crippen molar-refractivity contribution < 1.29 is 0 Å². The highest BCUT2D eigenvalue weighted by atomic mass is 15.4. The highest BCUT2D eigenvalue weighted by Crippen LogP contribution is 1.85. The van der Waals surface area contributed by atoms with Crippen molar-refractivity contribution in [2.24, 2.45) is 4.99 Å². The van der Waals surface area contributed by atoms with Gasteiger partial charge in [-0.05, 0) is 6.42 Å². The third-order valence-corrected chi connectivity index (χ3v) is 1.28. The monoisotopic (exact) mass is 142 g/mol. The van der Waals surface area contributed by atoms with E-state index < -0.39 is 0 Å². The summed E-state index contributed by atoms with van der Waals surface area (Å²) in [5.74, 6) is 0.869. The standard InChI is InChI=1S/C6H14N4/c1-2-9-10-6-7-4-3-5-8-6/h9H,2-5H2,1H3,(H2,7,8,10). The van der Waals surface area contributed by atoms with Gasteiger partial charge in [0.15, 0.2) is 0 Å². The first-order valence-corrected chi connectivity index (χ1v) is 3.70. The normalized spacial score (nSPS) is 17.5. The van der Waals surface area contributed by atoms with Crippen LogP contribution < -0.4 is 16.2 Å². The minimum atomic E-state index is 0.869. The molecule has 0 spiro atoms. The maximum absolute atomic E-state index is 4.20. The Labute approximate surface area is 61.1 Å². The number of hydrogen-bond acceptors (Lipinski definition) is 4. The summed E-state index contributed by atoms with van der Waals surface area (Å²) in [6, 6.07) is 0. The smallest absolute Gasteiger partial charge is 0.205 e. The Bertz CT molecular complexity index is 121. The molecule has 1 rings (SSSR count). The minimum Gasteiger partial charge on any atom is -0.355 e. The molecule has 0 aromatic heterocycles. The Morgan fingerprint density at radius 2 is 2.60 bits per heavy atom. The predicted molar refractivity (Wildman–Crippen MR) is 41.7 cm³/mol. The van der Waals surface area contributed by atoms with E-state index in [4.69, 9.17) is 0 Å². The van der Waals surface area contributed by atoms with Gasteiger partial charge in [-0.25, -0.2) is 5.43 Å². The molecule has 1 heterocycles. The molecule has 0 aromatic carbocycles. The molecule has 0 aliphatic carbocycles. The van der Waals surface area contributed by atoms with Gasteiger partial charge in [0.2, 0.25) is 5.96 Å². The van der Waals surface area contributed by atoms with Crippen LogP contribution in [0.15, 0.2) is 4.99 Å². The minimum absolute atomic E-state index is 0.869. The van der Waals surface area contributed by atoms with Crippen LogP contribution in [0.3, 0.4) is 0 Å². The molecule has 0 unspecified atom stereocenters. The summed E-state index contributed by atoms with van der Waals surface area (Å²) < 4.78 is 0. The van der Waals surface area contributed by atoms with E-state index in [1.807, 2.05) is 6.92 Å². The zero-order valence-corrected chi connectivity index (χ0v) is 6.28. The SMILES string of the molecule is CCNNC1=NCCCN1. The average molecular weight is 142 g/mol. The number of guanidine groups is 1. The second kappa shape index (κ2) is 4.11. The molecule has 1 aliphatic rings. The Morgan fingerprint density at radius 1 is 1.70 bits per heavy atom. The summed E-state index contributed by atoms with van der Waals surface area (Å²) in [5.41, 5.74) is 5.93. The molecule has 0 amide bonds. The number of nitrogens with zero attached hydrogens (tertiary/aromatic N) is 1. The molecule has 0 saturated heterocycles. The fourth-order valence-corrected chi connectivity index (χ4v) is 0.788. The van der Waals surface area contributed by atoms with Gasteiger partial charge < -0.3 is 5.32 Å². The van der Waals surface area contributed by atoms with E-state index in [-0.39, 0.29) is 0 Å². The van der Waals surface area contributed by atoms with Gasteiger partial charge in [0, 0.05) is 19.6 Å². The highest BCUT2D eigenvalue weighted by molar-refractivity contribution is 5.79. The van der Waals surface area contributed by atoms with E-state index in [2.05, 4.69) is 21.2 Å². The van der Waals surface area contributed by atoms with Crippen LogP contribution >= 0.6 is 0 Å². The van der Waals surface area contributed by atoms with E-state index in [0.29, 0.717) is 0 Å². The summed E-state index contributed by atoms with van der Waals surface area (Å²) in [7, 11) is 0. The molecule has 0 aromatic rings. The third kappa shape index (κ3) is 2.23. The van der Waals surface area contributed by atoms with Crippen molar-refractivity contribution in [2.45, 2.75) is 13.3 Å². The molecule has 1 aliphatic heterocycles. The second-order valence-corrected chi connectivity index (χ2v) is 2.17. The van der Waals surface area contributed by atoms with Gasteiger partial charge in [-0.15, -0.1) is 0 Å². The van der Waals surface area contributed by atoms with Crippen LogP contribution in [0, 0.1) is 0 Å². The summed E-state index contributed by atoms with van der Waals surface area (Å²) in [6.45, 7) is 4.90. The summed E-state index contributed by atoms with van der Waals surface area (Å²) in [6.07, 6.45) is 1.14. The van der Waals surface area contributed by atoms with Crippen LogP contribution in [0.4, 0.5) is 0 Å². The Balaban J connectivity index is 2.18. The van der Waals surface area contributed by atoms with Crippen molar-refractivity contribution in [2.75, 3.05) is 19.6 Å². The van der Waals surface area contributed by atoms with Gasteiger partial charge in [-0.3, -0.25) is 10.4 Å². The molecular formula is C6H14N4. The number of rotatable bonds is 2. The number of aliphatic imine (C=N–C) groups is 1. The fraction of sp³-hybridized carbons (Fsp3) is 0.833. The number of hydrogen-bond donors (Lipinski definition) is 3. The van der Waals surface area contributed by atoms with Gasteiger partial charge in [-0.1, -0.05) is 6.92 Å². The van der Waals surface area contributed by atoms with E-state index in [0.717, 1.165) is 32.0 Å². The number of nitrogens with one attached hydrogen (secondary N) is 3. The zero-order valence-electron chi connectivity index (χ0n) is 6.28. The predicted octanol–water partition coefficient (Wildman–Crippen LogP) is -0.550. The van der Waals surface area contributed by atoms with Crippen molar-refractivity contribution in [1.29, 1.82) is 0 Å². The largest absolute Gasteiger partial charge is 0.355 e. The highest BCUT2D eigenvalue weighted by Gasteiger charge is 2.00. The lowest BCUT2D eigenvalue weighted by molar-refractivity contribution is 0.630. The van der Waals surface area contributed by atoms with Crippen LogP contribution in [0.2, 0.25) is 0 Å². The molecule has 58 valence electrons. The third-order valence-electron chi connectivity index (χ3n) is 1.28. The first kappa shape index (κ1) is 7.34.